The minimum atomic E-state index is -0.933. The van der Waals surface area contributed by atoms with E-state index in [0.717, 1.165) is 5.56 Å². The zero-order chi connectivity index (χ0) is 22.6. The predicted octanol–water partition coefficient (Wildman–Crippen LogP) is 2.73. The molecule has 176 valence electrons. The van der Waals surface area contributed by atoms with E-state index in [2.05, 4.69) is 20.8 Å². The van der Waals surface area contributed by atoms with E-state index < -0.39 is 30.4 Å². The van der Waals surface area contributed by atoms with E-state index in [1.54, 1.807) is 13.8 Å². The second kappa shape index (κ2) is 10.7. The summed E-state index contributed by atoms with van der Waals surface area (Å²) in [6.07, 6.45) is -2.71. The van der Waals surface area contributed by atoms with Gasteiger partial charge in [0.05, 0.1) is 32.5 Å². The van der Waals surface area contributed by atoms with Gasteiger partial charge < -0.3 is 33.9 Å². The lowest BCUT2D eigenvalue weighted by Gasteiger charge is -2.43. The molecule has 31 heavy (non-hydrogen) atoms. The molecule has 1 aromatic carbocycles. The van der Waals surface area contributed by atoms with Gasteiger partial charge in [0.2, 0.25) is 0 Å². The van der Waals surface area contributed by atoms with Crippen LogP contribution in [0.25, 0.3) is 0 Å². The molecule has 0 radical (unpaired) electrons. The number of rotatable bonds is 9. The normalized spacial score (nSPS) is 36.4. The van der Waals surface area contributed by atoms with Crippen LogP contribution in [0, 0.1) is 17.8 Å². The Morgan fingerprint density at radius 1 is 1.00 bits per heavy atom. The van der Waals surface area contributed by atoms with Gasteiger partial charge >= 0.3 is 0 Å². The molecule has 0 aromatic heterocycles. The monoisotopic (exact) mass is 438 g/mol. The molecule has 8 atom stereocenters. The fourth-order valence-electron chi connectivity index (χ4n) is 4.35. The molecule has 7 heteroatoms. The summed E-state index contributed by atoms with van der Waals surface area (Å²) in [7, 11) is 0. The van der Waals surface area contributed by atoms with Gasteiger partial charge in [0.15, 0.2) is 12.1 Å². The average Bonchev–Trinajstić information content (AvgIpc) is 3.08. The smallest absolute Gasteiger partial charge is 0.164 e. The van der Waals surface area contributed by atoms with Crippen molar-refractivity contribution in [2.45, 2.75) is 77.7 Å². The maximum Gasteiger partial charge on any atom is 0.164 e. The molecule has 0 saturated carbocycles. The van der Waals surface area contributed by atoms with E-state index >= 15 is 0 Å². The maximum absolute atomic E-state index is 10.6. The fraction of sp³-hybridized carbons (Fsp3) is 0.750. The first-order chi connectivity index (χ1) is 14.7. The highest BCUT2D eigenvalue weighted by Gasteiger charge is 2.45. The largest absolute Gasteiger partial charge is 0.394 e. The first kappa shape index (κ1) is 24.6. The predicted molar refractivity (Wildman–Crippen MR) is 115 cm³/mol. The van der Waals surface area contributed by atoms with Gasteiger partial charge in [0.25, 0.3) is 0 Å². The average molecular weight is 439 g/mol. The molecule has 2 fully saturated rings. The zero-order valence-corrected chi connectivity index (χ0v) is 19.3. The molecule has 0 aliphatic carbocycles. The summed E-state index contributed by atoms with van der Waals surface area (Å²) >= 11 is 0. The maximum atomic E-state index is 10.6. The van der Waals surface area contributed by atoms with Crippen LogP contribution in [0.1, 0.15) is 40.2 Å². The molecule has 2 aliphatic rings. The molecule has 0 bridgehead atoms. The first-order valence-electron chi connectivity index (χ1n) is 11.2. The number of benzene rings is 1. The van der Waals surface area contributed by atoms with Crippen molar-refractivity contribution < 1.29 is 33.9 Å². The second-order valence-corrected chi connectivity index (χ2v) is 9.34. The van der Waals surface area contributed by atoms with E-state index in [9.17, 15) is 10.2 Å². The highest BCUT2D eigenvalue weighted by Crippen LogP contribution is 2.36. The Morgan fingerprint density at radius 3 is 2.39 bits per heavy atom. The van der Waals surface area contributed by atoms with Gasteiger partial charge in [-0.05, 0) is 31.2 Å². The molecule has 2 heterocycles. The van der Waals surface area contributed by atoms with Crippen molar-refractivity contribution in [3.05, 3.63) is 35.9 Å². The van der Waals surface area contributed by atoms with Gasteiger partial charge in [0.1, 0.15) is 18.3 Å². The number of ether oxygens (including phenoxy) is 5. The summed E-state index contributed by atoms with van der Waals surface area (Å²) in [6, 6.07) is 10.1. The van der Waals surface area contributed by atoms with E-state index in [-0.39, 0.29) is 25.2 Å². The number of aliphatic hydroxyl groups is 2. The lowest BCUT2D eigenvalue weighted by molar-refractivity contribution is -0.266. The molecule has 7 nitrogen and oxygen atoms in total. The molecule has 2 aliphatic heterocycles. The van der Waals surface area contributed by atoms with E-state index in [1.807, 2.05) is 30.3 Å². The van der Waals surface area contributed by atoms with Crippen molar-refractivity contribution in [3.63, 3.8) is 0 Å². The second-order valence-electron chi connectivity index (χ2n) is 9.34. The van der Waals surface area contributed by atoms with Crippen LogP contribution in [0.15, 0.2) is 30.3 Å². The van der Waals surface area contributed by atoms with Crippen molar-refractivity contribution >= 4 is 0 Å². The van der Waals surface area contributed by atoms with Crippen molar-refractivity contribution in [1.82, 2.24) is 0 Å². The topological polar surface area (TPSA) is 86.6 Å². The zero-order valence-electron chi connectivity index (χ0n) is 19.3. The van der Waals surface area contributed by atoms with Gasteiger partial charge in [-0.3, -0.25) is 0 Å². The third kappa shape index (κ3) is 6.26. The Hall–Kier alpha value is -1.06. The summed E-state index contributed by atoms with van der Waals surface area (Å²) in [5, 5.41) is 20.2. The van der Waals surface area contributed by atoms with E-state index in [1.165, 1.54) is 0 Å². The Morgan fingerprint density at radius 2 is 1.71 bits per heavy atom. The molecule has 3 rings (SSSR count). The molecule has 1 aromatic rings. The molecule has 5 unspecified atom stereocenters. The fourth-order valence-corrected chi connectivity index (χ4v) is 4.35. The summed E-state index contributed by atoms with van der Waals surface area (Å²) in [6.45, 7) is 10.8. The van der Waals surface area contributed by atoms with Crippen LogP contribution in [0.4, 0.5) is 0 Å². The van der Waals surface area contributed by atoms with Gasteiger partial charge in [-0.25, -0.2) is 0 Å². The molecule has 0 spiro atoms. The first-order valence-corrected chi connectivity index (χ1v) is 11.2. The van der Waals surface area contributed by atoms with Gasteiger partial charge in [-0.2, -0.15) is 0 Å². The van der Waals surface area contributed by atoms with Crippen LogP contribution in [0.5, 0.6) is 0 Å². The Kier molecular flexibility index (Phi) is 8.49. The standard InChI is InChI=1S/C24H38O7/c1-15-16(2)21(14-27-12-18-9-7-6-8-10-18)29-23(17(15)3)28-13-19(26)22-20(11-25)30-24(4,5)31-22/h6-10,15-17,19-23,25-26H,11-14H2,1-5H3/t15?,16?,17?,19-,20-,21?,22+,23?/m1/s1. The van der Waals surface area contributed by atoms with Crippen LogP contribution >= 0.6 is 0 Å². The Bertz CT molecular complexity index is 667. The van der Waals surface area contributed by atoms with Crippen molar-refractivity contribution in [3.8, 4) is 0 Å². The molecule has 2 N–H and O–H groups in total. The van der Waals surface area contributed by atoms with Crippen molar-refractivity contribution in [2.75, 3.05) is 19.8 Å². The van der Waals surface area contributed by atoms with Gasteiger partial charge in [0, 0.05) is 5.92 Å². The molecular weight excluding hydrogens is 400 g/mol. The van der Waals surface area contributed by atoms with Gasteiger partial charge in [-0.1, -0.05) is 51.1 Å². The highest BCUT2D eigenvalue weighted by molar-refractivity contribution is 5.13. The Labute approximate surface area is 185 Å². The highest BCUT2D eigenvalue weighted by atomic mass is 16.8. The summed E-state index contributed by atoms with van der Waals surface area (Å²) < 4.78 is 29.6. The molecule has 2 saturated heterocycles. The summed E-state index contributed by atoms with van der Waals surface area (Å²) in [5.74, 6) is 0.00945. The lowest BCUT2D eigenvalue weighted by atomic mass is 9.79. The van der Waals surface area contributed by atoms with Crippen LogP contribution < -0.4 is 0 Å². The third-order valence-corrected chi connectivity index (χ3v) is 6.59. The SMILES string of the molecule is CC1C(COCc2ccccc2)OC(OC[C@@H](O)[C@@H]2OC(C)(C)O[C@@H]2CO)C(C)C1C. The van der Waals surface area contributed by atoms with E-state index in [4.69, 9.17) is 23.7 Å². The third-order valence-electron chi connectivity index (χ3n) is 6.59. The molecule has 0 amide bonds. The lowest BCUT2D eigenvalue weighted by Crippen LogP contribution is -2.49. The van der Waals surface area contributed by atoms with Crippen LogP contribution in [0.3, 0.4) is 0 Å². The van der Waals surface area contributed by atoms with E-state index in [0.29, 0.717) is 25.0 Å². The molecular formula is C24H38O7. The van der Waals surface area contributed by atoms with Gasteiger partial charge in [-0.15, -0.1) is 0 Å². The van der Waals surface area contributed by atoms with Crippen molar-refractivity contribution in [2.24, 2.45) is 17.8 Å². The quantitative estimate of drug-likeness (QED) is 0.613. The van der Waals surface area contributed by atoms with Crippen LogP contribution in [-0.2, 0) is 30.3 Å². The minimum absolute atomic E-state index is 0.0360. The number of aliphatic hydroxyl groups excluding tert-OH is 2. The number of hydrogen-bond donors (Lipinski definition) is 2. The Balaban J connectivity index is 1.52. The minimum Gasteiger partial charge on any atom is -0.394 e. The summed E-state index contributed by atoms with van der Waals surface area (Å²) in [5.41, 5.74) is 1.13. The number of hydrogen-bond acceptors (Lipinski definition) is 7. The summed E-state index contributed by atoms with van der Waals surface area (Å²) in [4.78, 5) is 0. The van der Waals surface area contributed by atoms with Crippen molar-refractivity contribution in [1.29, 1.82) is 0 Å². The van der Waals surface area contributed by atoms with Crippen LogP contribution in [0.2, 0.25) is 0 Å². The van der Waals surface area contributed by atoms with Crippen LogP contribution in [-0.4, -0.2) is 66.5 Å².